The van der Waals surface area contributed by atoms with E-state index in [1.165, 1.54) is 6.08 Å². The van der Waals surface area contributed by atoms with E-state index in [-0.39, 0.29) is 41.5 Å². The Labute approximate surface area is 267 Å². The van der Waals surface area contributed by atoms with Crippen molar-refractivity contribution < 1.29 is 23.4 Å². The lowest BCUT2D eigenvalue weighted by Crippen LogP contribution is -2.44. The third-order valence-corrected chi connectivity index (χ3v) is 11.0. The number of phenols is 1. The van der Waals surface area contributed by atoms with Crippen LogP contribution in [-0.2, 0) is 4.79 Å². The molecular weight excluding hydrogens is 590 g/mol. The molecule has 5 fully saturated rings. The van der Waals surface area contributed by atoms with E-state index in [1.807, 2.05) is 11.8 Å². The molecule has 242 valence electrons. The van der Waals surface area contributed by atoms with Crippen LogP contribution >= 0.6 is 0 Å². The lowest BCUT2D eigenvalue weighted by molar-refractivity contribution is -0.126. The van der Waals surface area contributed by atoms with Crippen LogP contribution in [0.15, 0.2) is 31.0 Å². The topological polar surface area (TPSA) is 94.9 Å². The molecule has 0 radical (unpaired) electrons. The predicted molar refractivity (Wildman–Crippen MR) is 170 cm³/mol. The number of hydrogen-bond donors (Lipinski definition) is 1. The molecule has 1 aromatic carbocycles. The van der Waals surface area contributed by atoms with Gasteiger partial charge in [-0.05, 0) is 93.2 Å². The molecule has 8 rings (SSSR count). The summed E-state index contributed by atoms with van der Waals surface area (Å²) in [6, 6.07) is 3.33. The first-order valence-electron chi connectivity index (χ1n) is 16.6. The van der Waals surface area contributed by atoms with Crippen molar-refractivity contribution in [3.8, 4) is 23.0 Å². The van der Waals surface area contributed by atoms with Gasteiger partial charge in [-0.25, -0.2) is 8.78 Å². The lowest BCUT2D eigenvalue weighted by Gasteiger charge is -2.33. The molecule has 11 heteroatoms. The van der Waals surface area contributed by atoms with Gasteiger partial charge in [0.15, 0.2) is 5.82 Å². The first-order valence-corrected chi connectivity index (χ1v) is 16.6. The number of rotatable bonds is 7. The van der Waals surface area contributed by atoms with E-state index in [1.54, 1.807) is 18.3 Å². The Hall–Kier alpha value is -3.86. The van der Waals surface area contributed by atoms with Crippen molar-refractivity contribution in [2.45, 2.75) is 75.5 Å². The third-order valence-electron chi connectivity index (χ3n) is 11.0. The molecular formula is C35H40F2N6O3. The fourth-order valence-corrected chi connectivity index (χ4v) is 8.71. The number of carbonyl (C=O) groups excluding carboxylic acids is 1. The van der Waals surface area contributed by atoms with E-state index in [4.69, 9.17) is 9.72 Å². The molecule has 1 N–H and O–H groups in total. The Kier molecular flexibility index (Phi) is 7.15. The van der Waals surface area contributed by atoms with Gasteiger partial charge >= 0.3 is 6.01 Å². The number of likely N-dealkylation sites (tertiary alicyclic amines) is 1. The van der Waals surface area contributed by atoms with Gasteiger partial charge in [-0.1, -0.05) is 6.58 Å². The molecule has 2 bridgehead atoms. The van der Waals surface area contributed by atoms with Gasteiger partial charge in [-0.2, -0.15) is 9.97 Å². The summed E-state index contributed by atoms with van der Waals surface area (Å²) in [5, 5.41) is 11.0. The van der Waals surface area contributed by atoms with Crippen LogP contribution in [0.4, 0.5) is 14.6 Å². The number of benzene rings is 1. The maximum atomic E-state index is 16.8. The predicted octanol–water partition coefficient (Wildman–Crippen LogP) is 5.29. The number of ether oxygens (including phenoxy) is 1. The molecule has 46 heavy (non-hydrogen) atoms. The minimum absolute atomic E-state index is 0.0215. The Morgan fingerprint density at radius 1 is 1.20 bits per heavy atom. The van der Waals surface area contributed by atoms with Gasteiger partial charge in [0.25, 0.3) is 0 Å². The third kappa shape index (κ3) is 4.98. The zero-order valence-corrected chi connectivity index (χ0v) is 26.2. The fourth-order valence-electron chi connectivity index (χ4n) is 8.71. The first-order chi connectivity index (χ1) is 22.2. The quantitative estimate of drug-likeness (QED) is 0.352. The van der Waals surface area contributed by atoms with Gasteiger partial charge in [0.1, 0.15) is 35.6 Å². The fraction of sp³-hybridized carbons (Fsp3) is 0.543. The molecule has 1 aliphatic carbocycles. The molecule has 2 aromatic heterocycles. The number of halogens is 2. The van der Waals surface area contributed by atoms with E-state index in [2.05, 4.69) is 26.3 Å². The van der Waals surface area contributed by atoms with E-state index in [0.717, 1.165) is 56.2 Å². The van der Waals surface area contributed by atoms with Gasteiger partial charge < -0.3 is 19.6 Å². The number of alkyl halides is 1. The van der Waals surface area contributed by atoms with Gasteiger partial charge in [0.05, 0.1) is 10.9 Å². The SMILES string of the molecule is C=CC(=O)N1CC2CCN(c3nc(OC[C@@]45CCCN4C[C@H](F)C5)nc4c(F)c(-c5cc(O)cc(C)c5C5CC5)ncc34)CC1C2. The summed E-state index contributed by atoms with van der Waals surface area (Å²) in [4.78, 5) is 33.0. The van der Waals surface area contributed by atoms with Crippen LogP contribution in [0, 0.1) is 18.7 Å². The molecule has 2 unspecified atom stereocenters. The second-order valence-electron chi connectivity index (χ2n) is 14.1. The highest BCUT2D eigenvalue weighted by molar-refractivity contribution is 5.92. The average molecular weight is 631 g/mol. The number of pyridine rings is 1. The van der Waals surface area contributed by atoms with Crippen LogP contribution in [0.1, 0.15) is 62.0 Å². The molecule has 1 amide bonds. The summed E-state index contributed by atoms with van der Waals surface area (Å²) in [6.07, 6.45) is 8.08. The number of nitrogens with zero attached hydrogens (tertiary/aromatic N) is 6. The molecule has 9 nitrogen and oxygen atoms in total. The average Bonchev–Trinajstić information content (AvgIpc) is 3.62. The number of aromatic nitrogens is 3. The zero-order valence-electron chi connectivity index (χ0n) is 26.2. The molecule has 4 atom stereocenters. The molecule has 5 aliphatic rings. The summed E-state index contributed by atoms with van der Waals surface area (Å²) < 4.78 is 37.7. The monoisotopic (exact) mass is 630 g/mol. The minimum atomic E-state index is -0.900. The number of aromatic hydroxyl groups is 1. The van der Waals surface area contributed by atoms with Gasteiger partial charge in [0.2, 0.25) is 5.91 Å². The van der Waals surface area contributed by atoms with Crippen molar-refractivity contribution in [1.29, 1.82) is 0 Å². The van der Waals surface area contributed by atoms with Gasteiger partial charge in [0, 0.05) is 50.4 Å². The normalized spacial score (nSPS) is 27.7. The van der Waals surface area contributed by atoms with Crippen molar-refractivity contribution in [2.24, 2.45) is 5.92 Å². The maximum Gasteiger partial charge on any atom is 0.319 e. The number of amides is 1. The highest BCUT2D eigenvalue weighted by Gasteiger charge is 2.49. The molecule has 6 heterocycles. The van der Waals surface area contributed by atoms with Gasteiger partial charge in [-0.3, -0.25) is 14.7 Å². The number of carbonyl (C=O) groups is 1. The standard InChI is InChI=1S/C35H40F2N6O3/c1-3-28(45)43-16-21-7-10-41(18-24(43)12-21)33-27-15-38-31(26-13-25(44)11-20(2)29(26)22-5-6-22)30(37)32(27)39-34(40-33)46-19-35-8-4-9-42(35)17-23(36)14-35/h3,11,13,15,21-24,44H,1,4-10,12,14,16-19H2,2H3/t21?,23-,24?,35+/m1/s1. The van der Waals surface area contributed by atoms with E-state index >= 15 is 4.39 Å². The minimum Gasteiger partial charge on any atom is -0.508 e. The zero-order chi connectivity index (χ0) is 31.7. The van der Waals surface area contributed by atoms with Crippen LogP contribution in [0.2, 0.25) is 0 Å². The smallest absolute Gasteiger partial charge is 0.319 e. The molecule has 4 saturated heterocycles. The number of phenolic OH excluding ortho intramolecular Hbond substituents is 1. The molecule has 3 aromatic rings. The summed E-state index contributed by atoms with van der Waals surface area (Å²) in [6.45, 7) is 9.02. The molecule has 1 saturated carbocycles. The Bertz CT molecular complexity index is 1730. The Balaban J connectivity index is 1.22. The van der Waals surface area contributed by atoms with Crippen LogP contribution in [0.25, 0.3) is 22.2 Å². The van der Waals surface area contributed by atoms with Crippen molar-refractivity contribution in [1.82, 2.24) is 24.8 Å². The highest BCUT2D eigenvalue weighted by atomic mass is 19.1. The Morgan fingerprint density at radius 2 is 2.04 bits per heavy atom. The largest absolute Gasteiger partial charge is 0.508 e. The first kappa shape index (κ1) is 29.5. The summed E-state index contributed by atoms with van der Waals surface area (Å²) in [7, 11) is 0. The van der Waals surface area contributed by atoms with E-state index < -0.39 is 17.5 Å². The highest BCUT2D eigenvalue weighted by Crippen LogP contribution is 2.48. The van der Waals surface area contributed by atoms with E-state index in [9.17, 15) is 14.3 Å². The summed E-state index contributed by atoms with van der Waals surface area (Å²) >= 11 is 0. The maximum absolute atomic E-state index is 16.8. The van der Waals surface area contributed by atoms with Gasteiger partial charge in [-0.15, -0.1) is 0 Å². The summed E-state index contributed by atoms with van der Waals surface area (Å²) in [5.74, 6) is 0.568. The van der Waals surface area contributed by atoms with Crippen LogP contribution in [-0.4, -0.2) is 92.8 Å². The molecule has 0 spiro atoms. The Morgan fingerprint density at radius 3 is 2.85 bits per heavy atom. The summed E-state index contributed by atoms with van der Waals surface area (Å²) in [5.41, 5.74) is 2.31. The number of anilines is 1. The lowest BCUT2D eigenvalue weighted by atomic mass is 9.94. The number of hydrogen-bond acceptors (Lipinski definition) is 8. The van der Waals surface area contributed by atoms with Crippen molar-refractivity contribution in [3.05, 3.63) is 47.9 Å². The number of fused-ring (bicyclic) bond motifs is 4. The van der Waals surface area contributed by atoms with Crippen molar-refractivity contribution in [3.63, 3.8) is 0 Å². The van der Waals surface area contributed by atoms with Crippen LogP contribution in [0.5, 0.6) is 11.8 Å². The van der Waals surface area contributed by atoms with Crippen LogP contribution in [0.3, 0.4) is 0 Å². The number of aryl methyl sites for hydroxylation is 1. The van der Waals surface area contributed by atoms with Crippen molar-refractivity contribution in [2.75, 3.05) is 44.2 Å². The van der Waals surface area contributed by atoms with E-state index in [0.29, 0.717) is 61.2 Å². The second-order valence-corrected chi connectivity index (χ2v) is 14.1. The van der Waals surface area contributed by atoms with Crippen molar-refractivity contribution >= 4 is 22.6 Å². The van der Waals surface area contributed by atoms with Crippen LogP contribution < -0.4 is 9.64 Å². The second kappa shape index (κ2) is 11.1. The molecule has 4 aliphatic heterocycles.